The normalized spacial score (nSPS) is 13.0. The van der Waals surface area contributed by atoms with Crippen LogP contribution in [-0.4, -0.2) is 42.0 Å². The van der Waals surface area contributed by atoms with Crippen LogP contribution in [0.25, 0.3) is 0 Å². The van der Waals surface area contributed by atoms with Crippen LogP contribution in [0.15, 0.2) is 60.7 Å². The van der Waals surface area contributed by atoms with E-state index in [-0.39, 0.29) is 24.4 Å². The maximum Gasteiger partial charge on any atom is 0.530 e. The summed E-state index contributed by atoms with van der Waals surface area (Å²) in [6, 6.07) is 19.9. The second-order valence-electron chi connectivity index (χ2n) is 8.61. The van der Waals surface area contributed by atoms with Crippen LogP contribution in [0, 0.1) is 0 Å². The van der Waals surface area contributed by atoms with E-state index in [4.69, 9.17) is 21.8 Å². The molecule has 0 N–H and O–H groups in total. The molecule has 2 aromatic rings. The molecule has 0 fully saturated rings. The second-order valence-corrected chi connectivity index (χ2v) is 13.8. The Kier molecular flexibility index (Phi) is 9.63. The summed E-state index contributed by atoms with van der Waals surface area (Å²) in [5.74, 6) is 0. The van der Waals surface area contributed by atoms with Crippen LogP contribution >= 0.6 is 0 Å². The summed E-state index contributed by atoms with van der Waals surface area (Å²) in [7, 11) is -6.88. The van der Waals surface area contributed by atoms with Crippen molar-refractivity contribution < 1.29 is 21.8 Å². The monoisotopic (exact) mass is 462 g/mol. The van der Waals surface area contributed by atoms with Crippen LogP contribution in [0.2, 0.25) is 0 Å². The van der Waals surface area contributed by atoms with Crippen molar-refractivity contribution in [1.29, 1.82) is 0 Å². The van der Waals surface area contributed by atoms with Gasteiger partial charge in [0.05, 0.1) is 0 Å². The van der Waals surface area contributed by atoms with E-state index in [1.165, 1.54) is 0 Å². The Labute approximate surface area is 190 Å². The van der Waals surface area contributed by atoms with Crippen molar-refractivity contribution in [1.82, 2.24) is 0 Å². The van der Waals surface area contributed by atoms with Crippen LogP contribution < -0.4 is 10.4 Å². The summed E-state index contributed by atoms with van der Waals surface area (Å²) >= 11 is 0. The van der Waals surface area contributed by atoms with Crippen molar-refractivity contribution in [2.24, 2.45) is 0 Å². The molecule has 2 aromatic carbocycles. The molecule has 0 amide bonds. The van der Waals surface area contributed by atoms with Crippen molar-refractivity contribution in [3.05, 3.63) is 60.7 Å². The molecule has 0 radical (unpaired) electrons. The Morgan fingerprint density at radius 3 is 0.935 bits per heavy atom. The average molecular weight is 463 g/mol. The van der Waals surface area contributed by atoms with Crippen LogP contribution in [0.4, 0.5) is 0 Å². The van der Waals surface area contributed by atoms with Crippen LogP contribution in [0.1, 0.15) is 55.4 Å². The molecule has 5 nitrogen and oxygen atoms in total. The zero-order chi connectivity index (χ0) is 23.1. The molecule has 0 aliphatic carbocycles. The fourth-order valence-corrected chi connectivity index (χ4v) is 10.7. The number of benzene rings is 2. The molecule has 0 spiro atoms. The van der Waals surface area contributed by atoms with Gasteiger partial charge in [0.25, 0.3) is 0 Å². The lowest BCUT2D eigenvalue weighted by Gasteiger charge is -2.41. The Balaban J connectivity index is 2.73. The van der Waals surface area contributed by atoms with Crippen LogP contribution in [0.5, 0.6) is 0 Å². The largest absolute Gasteiger partial charge is 0.530 e. The highest BCUT2D eigenvalue weighted by Gasteiger charge is 2.58. The van der Waals surface area contributed by atoms with Gasteiger partial charge in [-0.2, -0.15) is 0 Å². The van der Waals surface area contributed by atoms with Crippen molar-refractivity contribution in [2.45, 2.75) is 79.8 Å². The Morgan fingerprint density at radius 1 is 0.452 bits per heavy atom. The van der Waals surface area contributed by atoms with Crippen molar-refractivity contribution in [3.8, 4) is 0 Å². The topological polar surface area (TPSA) is 46.2 Å². The molecule has 7 heteroatoms. The van der Waals surface area contributed by atoms with E-state index in [0.717, 1.165) is 10.4 Å². The minimum Gasteiger partial charge on any atom is -0.368 e. The highest BCUT2D eigenvalue weighted by Crippen LogP contribution is 2.25. The third kappa shape index (κ3) is 7.35. The lowest BCUT2D eigenvalue weighted by atomic mass is 10.4. The maximum atomic E-state index is 7.03. The van der Waals surface area contributed by atoms with E-state index in [1.54, 1.807) is 0 Å². The highest BCUT2D eigenvalue weighted by atomic mass is 28.5. The summed E-state index contributed by atoms with van der Waals surface area (Å²) in [4.78, 5) is 0. The van der Waals surface area contributed by atoms with E-state index in [9.17, 15) is 0 Å². The number of hydrogen-bond donors (Lipinski definition) is 0. The van der Waals surface area contributed by atoms with E-state index in [1.807, 2.05) is 116 Å². The van der Waals surface area contributed by atoms with Gasteiger partial charge in [-0.05, 0) is 55.4 Å². The average Bonchev–Trinajstić information content (AvgIpc) is 2.67. The summed E-state index contributed by atoms with van der Waals surface area (Å²) in [5.41, 5.74) is 0. The van der Waals surface area contributed by atoms with Gasteiger partial charge in [-0.1, -0.05) is 60.7 Å². The van der Waals surface area contributed by atoms with Crippen LogP contribution in [0.3, 0.4) is 0 Å². The van der Waals surface area contributed by atoms with Crippen molar-refractivity contribution in [3.63, 3.8) is 0 Å². The molecule has 0 saturated heterocycles. The third-order valence-corrected chi connectivity index (χ3v) is 11.4. The summed E-state index contributed by atoms with van der Waals surface area (Å²) in [6.07, 6.45) is -0.421. The molecule has 0 aliphatic heterocycles. The van der Waals surface area contributed by atoms with E-state index in [2.05, 4.69) is 0 Å². The molecular weight excluding hydrogens is 424 g/mol. The molecule has 0 heterocycles. The lowest BCUT2D eigenvalue weighted by molar-refractivity contribution is 0.0123. The van der Waals surface area contributed by atoms with E-state index in [0.29, 0.717) is 0 Å². The van der Waals surface area contributed by atoms with Crippen molar-refractivity contribution in [2.75, 3.05) is 0 Å². The Hall–Kier alpha value is -1.33. The minimum atomic E-state index is -3.44. The Bertz CT molecular complexity index is 681. The molecule has 172 valence electrons. The fraction of sp³-hybridized carbons (Fsp3) is 0.500. The molecule has 0 bridgehead atoms. The Morgan fingerprint density at radius 2 is 0.710 bits per heavy atom. The zero-order valence-corrected chi connectivity index (χ0v) is 22.1. The van der Waals surface area contributed by atoms with Gasteiger partial charge in [0.1, 0.15) is 0 Å². The SMILES string of the molecule is CC(C)O[Si](OC(C)C)(O[Si](OC(C)C)(OC(C)C)c1ccccc1)c1ccccc1. The van der Waals surface area contributed by atoms with E-state index >= 15 is 0 Å². The minimum absolute atomic E-state index is 0.105. The van der Waals surface area contributed by atoms with Gasteiger partial charge in [0, 0.05) is 34.8 Å². The summed E-state index contributed by atoms with van der Waals surface area (Å²) < 4.78 is 33.2. The summed E-state index contributed by atoms with van der Waals surface area (Å²) in [6.45, 7) is 16.0. The van der Waals surface area contributed by atoms with Gasteiger partial charge < -0.3 is 21.8 Å². The third-order valence-electron chi connectivity index (χ3n) is 4.09. The predicted octanol–water partition coefficient (Wildman–Crippen LogP) is 4.40. The molecular formula is C24H38O5Si2. The number of rotatable bonds is 12. The van der Waals surface area contributed by atoms with Gasteiger partial charge in [0.2, 0.25) is 0 Å². The first-order chi connectivity index (χ1) is 14.6. The fourth-order valence-electron chi connectivity index (χ4n) is 3.24. The van der Waals surface area contributed by atoms with Crippen molar-refractivity contribution >= 4 is 28.0 Å². The molecule has 2 rings (SSSR count). The van der Waals surface area contributed by atoms with Gasteiger partial charge in [0.15, 0.2) is 0 Å². The molecule has 0 saturated carbocycles. The quantitative estimate of drug-likeness (QED) is 0.438. The molecule has 0 unspecified atom stereocenters. The van der Waals surface area contributed by atoms with Gasteiger partial charge in [-0.3, -0.25) is 0 Å². The molecule has 0 aromatic heterocycles. The highest BCUT2D eigenvalue weighted by molar-refractivity contribution is 6.88. The first-order valence-corrected chi connectivity index (χ1v) is 14.6. The van der Waals surface area contributed by atoms with Gasteiger partial charge in [-0.25, -0.2) is 0 Å². The van der Waals surface area contributed by atoms with Crippen LogP contribution in [-0.2, 0) is 21.8 Å². The first-order valence-electron chi connectivity index (χ1n) is 11.1. The lowest BCUT2D eigenvalue weighted by Crippen LogP contribution is -2.70. The molecule has 0 atom stereocenters. The standard InChI is InChI=1S/C24H38O5Si2/c1-19(2)25-30(26-20(3)4,23-15-11-9-12-16-23)29-31(27-21(5)6,28-22(7)8)24-17-13-10-14-18-24/h9-22H,1-8H3. The molecule has 0 aliphatic rings. The molecule has 31 heavy (non-hydrogen) atoms. The zero-order valence-electron chi connectivity index (χ0n) is 20.1. The van der Waals surface area contributed by atoms with Gasteiger partial charge >= 0.3 is 17.6 Å². The first kappa shape index (κ1) is 25.9. The summed E-state index contributed by atoms with van der Waals surface area (Å²) in [5, 5.41) is 1.79. The van der Waals surface area contributed by atoms with Gasteiger partial charge in [-0.15, -0.1) is 0 Å². The second kappa shape index (κ2) is 11.5. The van der Waals surface area contributed by atoms with E-state index < -0.39 is 17.6 Å². The number of hydrogen-bond acceptors (Lipinski definition) is 5. The maximum absolute atomic E-state index is 7.03. The predicted molar refractivity (Wildman–Crippen MR) is 130 cm³/mol. The smallest absolute Gasteiger partial charge is 0.368 e.